The molecule has 9 nitrogen and oxygen atoms in total. The summed E-state index contributed by atoms with van der Waals surface area (Å²) in [6.07, 6.45) is -4.04. The van der Waals surface area contributed by atoms with E-state index in [2.05, 4.69) is 30.6 Å². The third kappa shape index (κ3) is 6.21. The molecule has 0 aliphatic carbocycles. The van der Waals surface area contributed by atoms with E-state index in [1.807, 2.05) is 55.5 Å². The normalized spacial score (nSPS) is 11.4. The van der Waals surface area contributed by atoms with E-state index in [1.54, 1.807) is 18.7 Å². The van der Waals surface area contributed by atoms with E-state index < -0.39 is 18.0 Å². The van der Waals surface area contributed by atoms with Gasteiger partial charge in [-0.1, -0.05) is 62.4 Å². The Balaban J connectivity index is 1.72. The minimum absolute atomic E-state index is 0.000276. The number of benzene rings is 2. The zero-order valence-corrected chi connectivity index (χ0v) is 21.8. The Morgan fingerprint density at radius 1 is 1.00 bits per heavy atom. The fourth-order valence-electron chi connectivity index (χ4n) is 4.26. The summed E-state index contributed by atoms with van der Waals surface area (Å²) in [7, 11) is 0. The number of tetrazole rings is 1. The van der Waals surface area contributed by atoms with Crippen LogP contribution in [0.1, 0.15) is 54.6 Å². The second-order valence-electron chi connectivity index (χ2n) is 8.66. The number of alkyl halides is 3. The highest BCUT2D eigenvalue weighted by Crippen LogP contribution is 2.33. The van der Waals surface area contributed by atoms with Crippen LogP contribution in [0, 0.1) is 0 Å². The number of carbonyl (C=O) groups is 1. The number of esters is 1. The maximum absolute atomic E-state index is 13.7. The van der Waals surface area contributed by atoms with Gasteiger partial charge in [0.25, 0.3) is 0 Å². The molecule has 0 saturated heterocycles. The molecule has 0 amide bonds. The summed E-state index contributed by atoms with van der Waals surface area (Å²) in [5, 5.41) is 14.2. The number of hydrogen-bond acceptors (Lipinski definition) is 8. The van der Waals surface area contributed by atoms with Gasteiger partial charge in [-0.15, -0.1) is 10.2 Å². The number of nitrogens with zero attached hydrogens (tertiary/aromatic N) is 6. The van der Waals surface area contributed by atoms with E-state index in [1.165, 1.54) is 0 Å². The molecule has 0 spiro atoms. The predicted molar refractivity (Wildman–Crippen MR) is 139 cm³/mol. The van der Waals surface area contributed by atoms with E-state index in [-0.39, 0.29) is 36.6 Å². The van der Waals surface area contributed by atoms with Crippen molar-refractivity contribution < 1.29 is 22.7 Å². The number of ether oxygens (including phenoxy) is 1. The predicted octanol–water partition coefficient (Wildman–Crippen LogP) is 5.50. The van der Waals surface area contributed by atoms with Gasteiger partial charge in [0.1, 0.15) is 11.4 Å². The van der Waals surface area contributed by atoms with Crippen molar-refractivity contribution in [3.8, 4) is 22.5 Å². The topological polar surface area (TPSA) is 110 Å². The molecule has 39 heavy (non-hydrogen) atoms. The van der Waals surface area contributed by atoms with Crippen LogP contribution in [0.4, 0.5) is 19.0 Å². The zero-order valence-electron chi connectivity index (χ0n) is 21.8. The van der Waals surface area contributed by atoms with Crippen LogP contribution < -0.4 is 4.90 Å². The smallest absolute Gasteiger partial charge is 0.451 e. The Hall–Kier alpha value is -4.35. The SMILES string of the molecule is CCCN(Cc1ccc(-c2ccccc2-c2nn[nH]n2)cc1)c1nc(C(F)(F)F)nc(CC)c1C(=O)OCC. The highest BCUT2D eigenvalue weighted by Gasteiger charge is 2.38. The van der Waals surface area contributed by atoms with E-state index in [0.29, 0.717) is 18.8 Å². The van der Waals surface area contributed by atoms with Gasteiger partial charge in [0.05, 0.1) is 12.3 Å². The summed E-state index contributed by atoms with van der Waals surface area (Å²) in [5.41, 5.74) is 3.40. The fraction of sp³-hybridized carbons (Fsp3) is 0.333. The van der Waals surface area contributed by atoms with Crippen LogP contribution in [0.2, 0.25) is 0 Å². The van der Waals surface area contributed by atoms with Crippen molar-refractivity contribution in [1.29, 1.82) is 0 Å². The summed E-state index contributed by atoms with van der Waals surface area (Å²) >= 11 is 0. The largest absolute Gasteiger partial charge is 0.462 e. The summed E-state index contributed by atoms with van der Waals surface area (Å²) in [5.74, 6) is -1.64. The molecule has 1 N–H and O–H groups in total. The molecule has 0 aliphatic heterocycles. The van der Waals surface area contributed by atoms with Gasteiger partial charge < -0.3 is 9.64 Å². The molecule has 0 radical (unpaired) electrons. The van der Waals surface area contributed by atoms with Crippen LogP contribution in [0.5, 0.6) is 0 Å². The first-order valence-corrected chi connectivity index (χ1v) is 12.6. The lowest BCUT2D eigenvalue weighted by atomic mass is 9.98. The van der Waals surface area contributed by atoms with E-state index >= 15 is 0 Å². The fourth-order valence-corrected chi connectivity index (χ4v) is 4.26. The van der Waals surface area contributed by atoms with E-state index in [4.69, 9.17) is 4.74 Å². The van der Waals surface area contributed by atoms with Crippen LogP contribution in [0.15, 0.2) is 48.5 Å². The lowest BCUT2D eigenvalue weighted by molar-refractivity contribution is -0.145. The van der Waals surface area contributed by atoms with Gasteiger partial charge in [0.2, 0.25) is 11.6 Å². The molecule has 4 rings (SSSR count). The average molecular weight is 540 g/mol. The molecule has 0 bridgehead atoms. The number of aromatic amines is 1. The minimum Gasteiger partial charge on any atom is -0.462 e. The quantitative estimate of drug-likeness (QED) is 0.263. The third-order valence-corrected chi connectivity index (χ3v) is 5.98. The number of hydrogen-bond donors (Lipinski definition) is 1. The highest BCUT2D eigenvalue weighted by molar-refractivity contribution is 5.96. The molecule has 0 atom stereocenters. The summed E-state index contributed by atoms with van der Waals surface area (Å²) in [4.78, 5) is 22.1. The van der Waals surface area contributed by atoms with Gasteiger partial charge in [0.15, 0.2) is 0 Å². The number of H-pyrrole nitrogens is 1. The van der Waals surface area contributed by atoms with Gasteiger partial charge in [0, 0.05) is 18.7 Å². The Labute approximate surface area is 223 Å². The van der Waals surface area contributed by atoms with Crippen LogP contribution in [-0.2, 0) is 23.9 Å². The molecule has 204 valence electrons. The maximum Gasteiger partial charge on any atom is 0.451 e. The van der Waals surface area contributed by atoms with Gasteiger partial charge in [-0.05, 0) is 41.7 Å². The number of halogens is 3. The minimum atomic E-state index is -4.77. The van der Waals surface area contributed by atoms with Gasteiger partial charge in [-0.2, -0.15) is 18.4 Å². The van der Waals surface area contributed by atoms with Crippen molar-refractivity contribution in [2.45, 2.75) is 46.3 Å². The van der Waals surface area contributed by atoms with Crippen molar-refractivity contribution in [2.75, 3.05) is 18.1 Å². The number of aryl methyl sites for hydroxylation is 1. The van der Waals surface area contributed by atoms with Gasteiger partial charge in [-0.3, -0.25) is 0 Å². The number of anilines is 1. The summed E-state index contributed by atoms with van der Waals surface area (Å²) in [6, 6.07) is 15.3. The second kappa shape index (κ2) is 12.0. The summed E-state index contributed by atoms with van der Waals surface area (Å²) < 4.78 is 46.3. The van der Waals surface area contributed by atoms with Gasteiger partial charge >= 0.3 is 12.1 Å². The third-order valence-electron chi connectivity index (χ3n) is 5.98. The molecule has 2 heterocycles. The molecule has 12 heteroatoms. The molecule has 2 aromatic heterocycles. The second-order valence-corrected chi connectivity index (χ2v) is 8.66. The van der Waals surface area contributed by atoms with Gasteiger partial charge in [-0.25, -0.2) is 14.8 Å². The number of rotatable bonds is 10. The number of aromatic nitrogens is 6. The average Bonchev–Trinajstić information content (AvgIpc) is 3.47. The van der Waals surface area contributed by atoms with Crippen LogP contribution in [-0.4, -0.2) is 49.7 Å². The molecule has 0 aliphatic rings. The first-order chi connectivity index (χ1) is 18.8. The first-order valence-electron chi connectivity index (χ1n) is 12.6. The Bertz CT molecular complexity index is 1410. The number of nitrogens with one attached hydrogen (secondary N) is 1. The summed E-state index contributed by atoms with van der Waals surface area (Å²) in [6.45, 7) is 5.85. The van der Waals surface area contributed by atoms with E-state index in [9.17, 15) is 18.0 Å². The van der Waals surface area contributed by atoms with Crippen molar-refractivity contribution in [1.82, 2.24) is 30.6 Å². The van der Waals surface area contributed by atoms with Crippen molar-refractivity contribution in [3.05, 3.63) is 71.2 Å². The Morgan fingerprint density at radius 3 is 2.31 bits per heavy atom. The lowest BCUT2D eigenvalue weighted by Gasteiger charge is -2.27. The van der Waals surface area contributed by atoms with Crippen molar-refractivity contribution in [2.24, 2.45) is 0 Å². The Morgan fingerprint density at radius 2 is 1.72 bits per heavy atom. The number of carbonyl (C=O) groups excluding carboxylic acids is 1. The molecule has 0 unspecified atom stereocenters. The monoisotopic (exact) mass is 539 g/mol. The zero-order chi connectivity index (χ0) is 28.0. The lowest BCUT2D eigenvalue weighted by Crippen LogP contribution is -2.30. The van der Waals surface area contributed by atoms with Crippen LogP contribution in [0.3, 0.4) is 0 Å². The standard InChI is InChI=1S/C27H28F3N7O2/c1-4-15-37(24-22(25(38)39-6-3)21(5-2)31-26(32-24)27(28,29)30)16-17-11-13-18(14-12-17)19-9-7-8-10-20(19)23-33-35-36-34-23/h7-14H,4-6,15-16H2,1-3H3,(H,33,34,35,36). The molecular formula is C27H28F3N7O2. The highest BCUT2D eigenvalue weighted by atomic mass is 19.4. The molecule has 4 aromatic rings. The maximum atomic E-state index is 13.7. The van der Waals surface area contributed by atoms with Crippen LogP contribution in [0.25, 0.3) is 22.5 Å². The molecule has 2 aromatic carbocycles. The van der Waals surface area contributed by atoms with Crippen molar-refractivity contribution in [3.63, 3.8) is 0 Å². The first kappa shape index (κ1) is 27.7. The van der Waals surface area contributed by atoms with E-state index in [0.717, 1.165) is 22.3 Å². The molecular weight excluding hydrogens is 511 g/mol. The molecule has 0 saturated carbocycles. The Kier molecular flexibility index (Phi) is 8.52. The molecule has 0 fully saturated rings. The van der Waals surface area contributed by atoms with Crippen LogP contribution >= 0.6 is 0 Å². The van der Waals surface area contributed by atoms with Crippen molar-refractivity contribution >= 4 is 11.8 Å².